The molecule has 0 spiro atoms. The van der Waals surface area contributed by atoms with Crippen molar-refractivity contribution in [1.29, 1.82) is 0 Å². The van der Waals surface area contributed by atoms with Crippen molar-refractivity contribution >= 4 is 0 Å². The van der Waals surface area contributed by atoms with Crippen molar-refractivity contribution in [3.8, 4) is 0 Å². The van der Waals surface area contributed by atoms with Crippen LogP contribution in [0.1, 0.15) is 58.8 Å². The van der Waals surface area contributed by atoms with Gasteiger partial charge in [0.2, 0.25) is 5.89 Å². The standard InChI is InChI=1S/C16H30N4O/c1-6-13(20-9-7-17-8-10-20)15-18-14(21-19-15)11-12(2)16(3,4)5/h12-13,17H,6-11H2,1-5H3. The van der Waals surface area contributed by atoms with Crippen LogP contribution in [-0.2, 0) is 6.42 Å². The minimum Gasteiger partial charge on any atom is -0.339 e. The fraction of sp³-hybridized carbons (Fsp3) is 0.875. The molecule has 2 rings (SSSR count). The molecule has 1 aromatic heterocycles. The summed E-state index contributed by atoms with van der Waals surface area (Å²) in [5.41, 5.74) is 0.261. The number of piperazine rings is 1. The number of hydrogen-bond donors (Lipinski definition) is 1. The Morgan fingerprint density at radius 3 is 2.52 bits per heavy atom. The van der Waals surface area contributed by atoms with Gasteiger partial charge in [-0.2, -0.15) is 4.98 Å². The number of nitrogens with zero attached hydrogens (tertiary/aromatic N) is 3. The molecule has 21 heavy (non-hydrogen) atoms. The van der Waals surface area contributed by atoms with Crippen LogP contribution in [-0.4, -0.2) is 41.2 Å². The van der Waals surface area contributed by atoms with Gasteiger partial charge in [0, 0.05) is 32.6 Å². The topological polar surface area (TPSA) is 54.2 Å². The predicted octanol–water partition coefficient (Wildman–Crippen LogP) is 2.65. The first-order chi connectivity index (χ1) is 9.91. The molecular formula is C16H30N4O. The molecule has 0 radical (unpaired) electrons. The Balaban J connectivity index is 2.03. The Morgan fingerprint density at radius 2 is 1.95 bits per heavy atom. The number of rotatable bonds is 5. The summed E-state index contributed by atoms with van der Waals surface area (Å²) in [6, 6.07) is 0.287. The zero-order valence-corrected chi connectivity index (χ0v) is 14.1. The van der Waals surface area contributed by atoms with E-state index in [0.29, 0.717) is 5.92 Å². The van der Waals surface area contributed by atoms with Gasteiger partial charge < -0.3 is 9.84 Å². The van der Waals surface area contributed by atoms with Crippen LogP contribution in [0.3, 0.4) is 0 Å². The molecule has 5 heteroatoms. The van der Waals surface area contributed by atoms with Gasteiger partial charge >= 0.3 is 0 Å². The molecule has 0 bridgehead atoms. The highest BCUT2D eigenvalue weighted by Gasteiger charge is 2.27. The first kappa shape index (κ1) is 16.4. The van der Waals surface area contributed by atoms with Crippen molar-refractivity contribution in [2.45, 2.75) is 53.5 Å². The van der Waals surface area contributed by atoms with Crippen LogP contribution in [0.4, 0.5) is 0 Å². The van der Waals surface area contributed by atoms with E-state index in [1.807, 2.05) is 0 Å². The van der Waals surface area contributed by atoms with E-state index in [4.69, 9.17) is 4.52 Å². The first-order valence-electron chi connectivity index (χ1n) is 8.19. The highest BCUT2D eigenvalue weighted by atomic mass is 16.5. The Morgan fingerprint density at radius 1 is 1.29 bits per heavy atom. The summed E-state index contributed by atoms with van der Waals surface area (Å²) < 4.78 is 5.50. The number of nitrogens with one attached hydrogen (secondary N) is 1. The average molecular weight is 294 g/mol. The molecule has 120 valence electrons. The molecule has 1 aliphatic rings. The maximum atomic E-state index is 5.50. The normalized spacial score (nSPS) is 20.4. The molecule has 2 heterocycles. The van der Waals surface area contributed by atoms with Gasteiger partial charge in [-0.25, -0.2) is 0 Å². The van der Waals surface area contributed by atoms with Crippen molar-refractivity contribution in [3.05, 3.63) is 11.7 Å². The zero-order valence-electron chi connectivity index (χ0n) is 14.1. The molecule has 5 nitrogen and oxygen atoms in total. The van der Waals surface area contributed by atoms with Crippen LogP contribution in [0.2, 0.25) is 0 Å². The molecule has 1 aliphatic heterocycles. The lowest BCUT2D eigenvalue weighted by molar-refractivity contribution is 0.160. The third-order valence-electron chi connectivity index (χ3n) is 4.72. The molecule has 1 fully saturated rings. The molecule has 1 aromatic rings. The van der Waals surface area contributed by atoms with Gasteiger partial charge in [-0.1, -0.05) is 39.8 Å². The Hall–Kier alpha value is -0.940. The molecule has 2 unspecified atom stereocenters. The minimum atomic E-state index is 0.261. The van der Waals surface area contributed by atoms with Crippen LogP contribution in [0.25, 0.3) is 0 Å². The van der Waals surface area contributed by atoms with Gasteiger partial charge in [0.05, 0.1) is 6.04 Å². The Kier molecular flexibility index (Phi) is 5.38. The zero-order chi connectivity index (χ0) is 15.5. The van der Waals surface area contributed by atoms with Gasteiger partial charge in [0.15, 0.2) is 5.82 Å². The second-order valence-corrected chi connectivity index (χ2v) is 7.23. The van der Waals surface area contributed by atoms with Crippen LogP contribution in [0.15, 0.2) is 4.52 Å². The fourth-order valence-corrected chi connectivity index (χ4v) is 2.65. The molecule has 0 saturated carbocycles. The maximum absolute atomic E-state index is 5.50. The minimum absolute atomic E-state index is 0.261. The highest BCUT2D eigenvalue weighted by molar-refractivity contribution is 4.97. The van der Waals surface area contributed by atoms with Crippen molar-refractivity contribution in [1.82, 2.24) is 20.4 Å². The molecule has 1 saturated heterocycles. The SMILES string of the molecule is CCC(c1noc(CC(C)C(C)(C)C)n1)N1CCNCC1. The molecule has 0 aliphatic carbocycles. The third kappa shape index (κ3) is 4.27. The summed E-state index contributed by atoms with van der Waals surface area (Å²) >= 11 is 0. The van der Waals surface area contributed by atoms with E-state index < -0.39 is 0 Å². The quantitative estimate of drug-likeness (QED) is 0.905. The van der Waals surface area contributed by atoms with Crippen molar-refractivity contribution in [3.63, 3.8) is 0 Å². The van der Waals surface area contributed by atoms with E-state index in [0.717, 1.165) is 50.7 Å². The monoisotopic (exact) mass is 294 g/mol. The lowest BCUT2D eigenvalue weighted by Gasteiger charge is -2.32. The summed E-state index contributed by atoms with van der Waals surface area (Å²) in [5, 5.41) is 7.64. The lowest BCUT2D eigenvalue weighted by Crippen LogP contribution is -2.45. The van der Waals surface area contributed by atoms with Crippen LogP contribution in [0.5, 0.6) is 0 Å². The predicted molar refractivity (Wildman–Crippen MR) is 84.1 cm³/mol. The van der Waals surface area contributed by atoms with E-state index in [2.05, 4.69) is 55.0 Å². The van der Waals surface area contributed by atoms with E-state index >= 15 is 0 Å². The van der Waals surface area contributed by atoms with E-state index in [-0.39, 0.29) is 11.5 Å². The van der Waals surface area contributed by atoms with Gasteiger partial charge in [0.25, 0.3) is 0 Å². The number of aromatic nitrogens is 2. The summed E-state index contributed by atoms with van der Waals surface area (Å²) in [6.07, 6.45) is 1.88. The van der Waals surface area contributed by atoms with Crippen LogP contribution in [0, 0.1) is 11.3 Å². The molecule has 1 N–H and O–H groups in total. The highest BCUT2D eigenvalue weighted by Crippen LogP contribution is 2.29. The summed E-state index contributed by atoms with van der Waals surface area (Å²) in [6.45, 7) is 15.4. The first-order valence-corrected chi connectivity index (χ1v) is 8.19. The fourth-order valence-electron chi connectivity index (χ4n) is 2.65. The van der Waals surface area contributed by atoms with Crippen molar-refractivity contribution in [2.75, 3.05) is 26.2 Å². The summed E-state index contributed by atoms with van der Waals surface area (Å²) in [4.78, 5) is 7.13. The summed E-state index contributed by atoms with van der Waals surface area (Å²) in [5.74, 6) is 2.15. The number of hydrogen-bond acceptors (Lipinski definition) is 5. The largest absolute Gasteiger partial charge is 0.339 e. The second kappa shape index (κ2) is 6.88. The molecule has 2 atom stereocenters. The van der Waals surface area contributed by atoms with E-state index in [1.54, 1.807) is 0 Å². The molecule has 0 amide bonds. The smallest absolute Gasteiger partial charge is 0.226 e. The third-order valence-corrected chi connectivity index (χ3v) is 4.72. The van der Waals surface area contributed by atoms with Gasteiger partial charge in [-0.3, -0.25) is 4.90 Å². The molecule has 0 aromatic carbocycles. The van der Waals surface area contributed by atoms with Gasteiger partial charge in [-0.05, 0) is 17.8 Å². The average Bonchev–Trinajstić information content (AvgIpc) is 2.88. The Bertz CT molecular complexity index is 432. The van der Waals surface area contributed by atoms with Crippen molar-refractivity contribution in [2.24, 2.45) is 11.3 Å². The van der Waals surface area contributed by atoms with Crippen LogP contribution < -0.4 is 5.32 Å². The maximum Gasteiger partial charge on any atom is 0.226 e. The second-order valence-electron chi connectivity index (χ2n) is 7.23. The van der Waals surface area contributed by atoms with E-state index in [9.17, 15) is 0 Å². The van der Waals surface area contributed by atoms with Crippen molar-refractivity contribution < 1.29 is 4.52 Å². The van der Waals surface area contributed by atoms with Gasteiger partial charge in [0.1, 0.15) is 0 Å². The van der Waals surface area contributed by atoms with Gasteiger partial charge in [-0.15, -0.1) is 0 Å². The summed E-state index contributed by atoms with van der Waals surface area (Å²) in [7, 11) is 0. The lowest BCUT2D eigenvalue weighted by atomic mass is 9.80. The Labute approximate surface area is 128 Å². The van der Waals surface area contributed by atoms with E-state index in [1.165, 1.54) is 0 Å². The van der Waals surface area contributed by atoms with Crippen LogP contribution >= 0.6 is 0 Å². The molecular weight excluding hydrogens is 264 g/mol.